The first-order chi connectivity index (χ1) is 4.77. The third-order valence-electron chi connectivity index (χ3n) is 1.51. The summed E-state index contributed by atoms with van der Waals surface area (Å²) in [5.41, 5.74) is 1.21. The van der Waals surface area contributed by atoms with Gasteiger partial charge in [-0.15, -0.1) is 11.3 Å². The van der Waals surface area contributed by atoms with Crippen LogP contribution in [0.3, 0.4) is 0 Å². The molecule has 0 aliphatic carbocycles. The van der Waals surface area contributed by atoms with E-state index in [-0.39, 0.29) is 0 Å². The van der Waals surface area contributed by atoms with E-state index in [1.807, 2.05) is 6.20 Å². The Morgan fingerprint density at radius 3 is 3.00 bits per heavy atom. The van der Waals surface area contributed by atoms with Crippen LogP contribution in [0.1, 0.15) is 10.6 Å². The number of hydrogen-bond acceptors (Lipinski definition) is 2. The molecule has 0 bridgehead atoms. The van der Waals surface area contributed by atoms with Crippen molar-refractivity contribution in [1.82, 2.24) is 9.38 Å². The highest BCUT2D eigenvalue weighted by Gasteiger charge is 2.00. The Hall–Kier alpha value is -0.830. The van der Waals surface area contributed by atoms with Crippen molar-refractivity contribution in [1.29, 1.82) is 0 Å². The van der Waals surface area contributed by atoms with E-state index in [9.17, 15) is 0 Å². The number of rotatable bonds is 0. The maximum atomic E-state index is 4.22. The fourth-order valence-electron chi connectivity index (χ4n) is 1.01. The minimum atomic E-state index is 1.09. The number of aromatic nitrogens is 2. The summed E-state index contributed by atoms with van der Waals surface area (Å²) < 4.78 is 2.11. The fourth-order valence-corrected chi connectivity index (χ4v) is 1.86. The van der Waals surface area contributed by atoms with Crippen LogP contribution >= 0.6 is 11.3 Å². The van der Waals surface area contributed by atoms with Crippen molar-refractivity contribution >= 4 is 16.3 Å². The van der Waals surface area contributed by atoms with Crippen LogP contribution in [0, 0.1) is 13.8 Å². The highest BCUT2D eigenvalue weighted by Crippen LogP contribution is 2.16. The average molecular weight is 152 g/mol. The lowest BCUT2D eigenvalue weighted by atomic mass is 10.5. The molecule has 0 spiro atoms. The van der Waals surface area contributed by atoms with E-state index >= 15 is 0 Å². The summed E-state index contributed by atoms with van der Waals surface area (Å²) in [7, 11) is 0. The van der Waals surface area contributed by atoms with Crippen LogP contribution in [-0.2, 0) is 0 Å². The van der Waals surface area contributed by atoms with E-state index in [1.54, 1.807) is 11.3 Å². The predicted octanol–water partition coefficient (Wildman–Crippen LogP) is 2.01. The second-order valence-electron chi connectivity index (χ2n) is 2.39. The molecule has 52 valence electrons. The summed E-state index contributed by atoms with van der Waals surface area (Å²) in [4.78, 5) is 6.62. The number of fused-ring (bicyclic) bond motifs is 1. The lowest BCUT2D eigenvalue weighted by molar-refractivity contribution is 1.13. The molecule has 0 saturated heterocycles. The van der Waals surface area contributed by atoms with Crippen LogP contribution < -0.4 is 0 Å². The molecular formula is C7H8N2S. The van der Waals surface area contributed by atoms with Gasteiger partial charge < -0.3 is 0 Å². The molecule has 0 saturated carbocycles. The molecule has 2 nitrogen and oxygen atoms in total. The summed E-state index contributed by atoms with van der Waals surface area (Å²) in [5, 5.41) is 0. The van der Waals surface area contributed by atoms with Crippen molar-refractivity contribution in [3.05, 3.63) is 23.0 Å². The number of hydrogen-bond donors (Lipinski definition) is 0. The molecule has 2 aromatic heterocycles. The van der Waals surface area contributed by atoms with Gasteiger partial charge in [0.25, 0.3) is 0 Å². The summed E-state index contributed by atoms with van der Waals surface area (Å²) in [6.07, 6.45) is 4.01. The van der Waals surface area contributed by atoms with Gasteiger partial charge in [-0.1, -0.05) is 0 Å². The lowest BCUT2D eigenvalue weighted by Crippen LogP contribution is -1.77. The molecule has 0 N–H and O–H groups in total. The monoisotopic (exact) mass is 152 g/mol. The molecular weight excluding hydrogens is 144 g/mol. The van der Waals surface area contributed by atoms with Gasteiger partial charge >= 0.3 is 0 Å². The van der Waals surface area contributed by atoms with Gasteiger partial charge in [-0.25, -0.2) is 4.98 Å². The third-order valence-corrected chi connectivity index (χ3v) is 2.42. The summed E-state index contributed by atoms with van der Waals surface area (Å²) in [5.74, 6) is 0. The Kier molecular flexibility index (Phi) is 1.08. The van der Waals surface area contributed by atoms with Gasteiger partial charge in [0.05, 0.1) is 0 Å². The first-order valence-corrected chi connectivity index (χ1v) is 3.99. The number of nitrogens with zero attached hydrogens (tertiary/aromatic N) is 2. The maximum absolute atomic E-state index is 4.22. The van der Waals surface area contributed by atoms with E-state index in [0.29, 0.717) is 0 Å². The van der Waals surface area contributed by atoms with Crippen molar-refractivity contribution in [3.63, 3.8) is 0 Å². The molecule has 3 heteroatoms. The molecule has 0 unspecified atom stereocenters. The largest absolute Gasteiger partial charge is 0.295 e. The minimum absolute atomic E-state index is 1.09. The van der Waals surface area contributed by atoms with Crippen molar-refractivity contribution in [2.24, 2.45) is 0 Å². The molecule has 0 fully saturated rings. The summed E-state index contributed by atoms with van der Waals surface area (Å²) in [6, 6.07) is 0. The van der Waals surface area contributed by atoms with Gasteiger partial charge in [-0.2, -0.15) is 0 Å². The van der Waals surface area contributed by atoms with E-state index < -0.39 is 0 Å². The van der Waals surface area contributed by atoms with Gasteiger partial charge in [0, 0.05) is 23.0 Å². The van der Waals surface area contributed by atoms with Crippen molar-refractivity contribution in [2.75, 3.05) is 0 Å². The number of aryl methyl sites for hydroxylation is 2. The first-order valence-electron chi connectivity index (χ1n) is 3.17. The molecule has 2 rings (SSSR count). The van der Waals surface area contributed by atoms with Crippen LogP contribution in [0.15, 0.2) is 12.4 Å². The van der Waals surface area contributed by atoms with Gasteiger partial charge in [-0.05, 0) is 13.8 Å². The Morgan fingerprint density at radius 2 is 2.30 bits per heavy atom. The fraction of sp³-hybridized carbons (Fsp3) is 0.286. The normalized spacial score (nSPS) is 11.0. The van der Waals surface area contributed by atoms with Crippen LogP contribution in [-0.4, -0.2) is 9.38 Å². The van der Waals surface area contributed by atoms with Gasteiger partial charge in [-0.3, -0.25) is 4.40 Å². The van der Waals surface area contributed by atoms with Gasteiger partial charge in [0.2, 0.25) is 0 Å². The third kappa shape index (κ3) is 0.671. The Morgan fingerprint density at radius 1 is 1.50 bits per heavy atom. The zero-order valence-corrected chi connectivity index (χ0v) is 6.77. The molecule has 0 aromatic carbocycles. The van der Waals surface area contributed by atoms with Crippen LogP contribution in [0.2, 0.25) is 0 Å². The van der Waals surface area contributed by atoms with E-state index in [1.165, 1.54) is 10.6 Å². The quantitative estimate of drug-likeness (QED) is 0.564. The Balaban J connectivity index is 2.90. The average Bonchev–Trinajstić information content (AvgIpc) is 2.35. The minimum Gasteiger partial charge on any atom is -0.295 e. The SMILES string of the molecule is Cc1cn2c(C)cnc2s1. The zero-order chi connectivity index (χ0) is 7.14. The van der Waals surface area contributed by atoms with Crippen LogP contribution in [0.25, 0.3) is 4.96 Å². The Labute approximate surface area is 63.1 Å². The van der Waals surface area contributed by atoms with E-state index in [0.717, 1.165) is 4.96 Å². The van der Waals surface area contributed by atoms with Crippen molar-refractivity contribution in [2.45, 2.75) is 13.8 Å². The molecule has 0 amide bonds. The molecule has 0 aliphatic rings. The maximum Gasteiger partial charge on any atom is 0.194 e. The van der Waals surface area contributed by atoms with Crippen molar-refractivity contribution < 1.29 is 0 Å². The van der Waals surface area contributed by atoms with Crippen LogP contribution in [0.5, 0.6) is 0 Å². The summed E-state index contributed by atoms with van der Waals surface area (Å²) in [6.45, 7) is 4.16. The van der Waals surface area contributed by atoms with Gasteiger partial charge in [0.1, 0.15) is 0 Å². The van der Waals surface area contributed by atoms with Crippen LogP contribution in [0.4, 0.5) is 0 Å². The highest BCUT2D eigenvalue weighted by atomic mass is 32.1. The molecule has 0 aliphatic heterocycles. The highest BCUT2D eigenvalue weighted by molar-refractivity contribution is 7.16. The molecule has 0 atom stereocenters. The predicted molar refractivity (Wildman–Crippen MR) is 42.5 cm³/mol. The second kappa shape index (κ2) is 1.83. The smallest absolute Gasteiger partial charge is 0.194 e. The Bertz CT molecular complexity index is 358. The van der Waals surface area contributed by atoms with E-state index in [2.05, 4.69) is 29.4 Å². The first kappa shape index (κ1) is 5.92. The molecule has 10 heavy (non-hydrogen) atoms. The number of imidazole rings is 1. The summed E-state index contributed by atoms with van der Waals surface area (Å²) >= 11 is 1.72. The molecule has 2 heterocycles. The molecule has 2 aromatic rings. The zero-order valence-electron chi connectivity index (χ0n) is 5.96. The van der Waals surface area contributed by atoms with Gasteiger partial charge in [0.15, 0.2) is 4.96 Å². The lowest BCUT2D eigenvalue weighted by Gasteiger charge is -1.82. The number of thiazole rings is 1. The second-order valence-corrected chi connectivity index (χ2v) is 3.61. The molecule has 0 radical (unpaired) electrons. The van der Waals surface area contributed by atoms with E-state index in [4.69, 9.17) is 0 Å². The van der Waals surface area contributed by atoms with Crippen molar-refractivity contribution in [3.8, 4) is 0 Å². The standard InChI is InChI=1S/C7H8N2S/c1-5-3-8-7-9(5)4-6(2)10-7/h3-4H,1-2H3. The topological polar surface area (TPSA) is 17.3 Å².